The van der Waals surface area contributed by atoms with E-state index in [1.165, 1.54) is 4.90 Å². The second-order valence-corrected chi connectivity index (χ2v) is 4.97. The summed E-state index contributed by atoms with van der Waals surface area (Å²) in [5, 5.41) is 9.37. The Hall–Kier alpha value is 0.300. The predicted molar refractivity (Wildman–Crippen MR) is 47.2 cm³/mol. The monoisotopic (exact) mass is 231 g/mol. The summed E-state index contributed by atoms with van der Waals surface area (Å²) in [5.41, 5.74) is 0. The molecule has 0 aliphatic carbocycles. The van der Waals surface area contributed by atoms with Gasteiger partial charge in [-0.15, -0.1) is 0 Å². The van der Waals surface area contributed by atoms with E-state index < -0.39 is 10.0 Å². The average Bonchev–Trinajstić information content (AvgIpc) is 2.31. The molecular weight excluding hydrogens is 224 g/mol. The normalized spacial score (nSPS) is 21.7. The Morgan fingerprint density at radius 1 is 1.50 bits per heavy atom. The lowest BCUT2D eigenvalue weighted by molar-refractivity contribution is -0.136. The maximum absolute atomic E-state index is 11.1. The first-order chi connectivity index (χ1) is 5.43. The summed E-state index contributed by atoms with van der Waals surface area (Å²) in [6.45, 7) is 0.452. The van der Waals surface area contributed by atoms with Gasteiger partial charge in [0, 0.05) is 13.0 Å². The SMILES string of the molecule is O=C1CCCN1[C@@H](O)C(Cl)(Cl)Cl. The Balaban J connectivity index is 2.63. The second kappa shape index (κ2) is 3.58. The maximum Gasteiger partial charge on any atom is 0.234 e. The highest BCUT2D eigenvalue weighted by atomic mass is 35.6. The minimum absolute atomic E-state index is 0.172. The number of likely N-dealkylation sites (tertiary alicyclic amines) is 1. The third kappa shape index (κ3) is 2.16. The molecule has 0 radical (unpaired) electrons. The molecule has 1 saturated heterocycles. The minimum atomic E-state index is -1.82. The van der Waals surface area contributed by atoms with Crippen molar-refractivity contribution in [3.8, 4) is 0 Å². The fourth-order valence-electron chi connectivity index (χ4n) is 1.10. The number of rotatable bonds is 1. The van der Waals surface area contributed by atoms with Crippen molar-refractivity contribution in [2.24, 2.45) is 0 Å². The number of aliphatic hydroxyl groups is 1. The standard InChI is InChI=1S/C6H8Cl3NO2/c7-6(8,9)5(12)10-3-1-2-4(10)11/h5,12H,1-3H2/t5-/m0/s1. The first kappa shape index (κ1) is 10.4. The molecule has 6 heteroatoms. The average molecular weight is 232 g/mol. The third-order valence-electron chi connectivity index (χ3n) is 1.70. The van der Waals surface area contributed by atoms with E-state index in [1.807, 2.05) is 0 Å². The van der Waals surface area contributed by atoms with Gasteiger partial charge in [0.15, 0.2) is 6.23 Å². The largest absolute Gasteiger partial charge is 0.369 e. The maximum atomic E-state index is 11.1. The Morgan fingerprint density at radius 3 is 2.42 bits per heavy atom. The van der Waals surface area contributed by atoms with E-state index in [2.05, 4.69) is 0 Å². The van der Waals surface area contributed by atoms with Gasteiger partial charge >= 0.3 is 0 Å². The van der Waals surface area contributed by atoms with Crippen molar-refractivity contribution in [1.82, 2.24) is 4.90 Å². The summed E-state index contributed by atoms with van der Waals surface area (Å²) in [4.78, 5) is 12.2. The summed E-state index contributed by atoms with van der Waals surface area (Å²) in [5.74, 6) is -0.172. The molecule has 1 rings (SSSR count). The topological polar surface area (TPSA) is 40.5 Å². The molecule has 1 aliphatic rings. The van der Waals surface area contributed by atoms with Crippen LogP contribution in [-0.4, -0.2) is 32.5 Å². The van der Waals surface area contributed by atoms with Crippen molar-refractivity contribution in [2.75, 3.05) is 6.54 Å². The molecular formula is C6H8Cl3NO2. The molecule has 0 unspecified atom stereocenters. The van der Waals surface area contributed by atoms with Crippen molar-refractivity contribution >= 4 is 40.7 Å². The zero-order chi connectivity index (χ0) is 9.35. The smallest absolute Gasteiger partial charge is 0.234 e. The van der Waals surface area contributed by atoms with Crippen LogP contribution >= 0.6 is 34.8 Å². The highest BCUT2D eigenvalue weighted by Gasteiger charge is 2.39. The third-order valence-corrected chi connectivity index (χ3v) is 2.28. The van der Waals surface area contributed by atoms with Crippen LogP contribution in [0.2, 0.25) is 0 Å². The molecule has 0 aromatic heterocycles. The van der Waals surface area contributed by atoms with Gasteiger partial charge in [0.05, 0.1) is 0 Å². The number of alkyl halides is 3. The lowest BCUT2D eigenvalue weighted by atomic mass is 10.4. The Labute approximate surface area is 85.2 Å². The van der Waals surface area contributed by atoms with Crippen molar-refractivity contribution in [1.29, 1.82) is 0 Å². The molecule has 0 aromatic carbocycles. The van der Waals surface area contributed by atoms with E-state index in [1.54, 1.807) is 0 Å². The summed E-state index contributed by atoms with van der Waals surface area (Å²) in [6.07, 6.45) is -0.216. The zero-order valence-corrected chi connectivity index (χ0v) is 8.40. The molecule has 1 heterocycles. The minimum Gasteiger partial charge on any atom is -0.369 e. The van der Waals surface area contributed by atoms with Crippen LogP contribution in [0.25, 0.3) is 0 Å². The summed E-state index contributed by atoms with van der Waals surface area (Å²) in [6, 6.07) is 0. The highest BCUT2D eigenvalue weighted by molar-refractivity contribution is 6.68. The van der Waals surface area contributed by atoms with Gasteiger partial charge < -0.3 is 10.0 Å². The van der Waals surface area contributed by atoms with Gasteiger partial charge in [-0.05, 0) is 6.42 Å². The molecule has 1 aliphatic heterocycles. The van der Waals surface area contributed by atoms with Gasteiger partial charge in [-0.2, -0.15) is 0 Å². The van der Waals surface area contributed by atoms with Crippen LogP contribution in [0, 0.1) is 0 Å². The number of hydrogen-bond acceptors (Lipinski definition) is 2. The second-order valence-electron chi connectivity index (χ2n) is 2.61. The summed E-state index contributed by atoms with van der Waals surface area (Å²) >= 11 is 16.2. The molecule has 0 spiro atoms. The fraction of sp³-hybridized carbons (Fsp3) is 0.833. The number of nitrogens with zero attached hydrogens (tertiary/aromatic N) is 1. The van der Waals surface area contributed by atoms with E-state index in [9.17, 15) is 9.90 Å². The van der Waals surface area contributed by atoms with Gasteiger partial charge in [-0.3, -0.25) is 4.79 Å². The highest BCUT2D eigenvalue weighted by Crippen LogP contribution is 2.33. The molecule has 1 amide bonds. The number of halogens is 3. The van der Waals surface area contributed by atoms with E-state index in [4.69, 9.17) is 34.8 Å². The van der Waals surface area contributed by atoms with E-state index >= 15 is 0 Å². The van der Waals surface area contributed by atoms with E-state index in [-0.39, 0.29) is 5.91 Å². The Bertz CT molecular complexity index is 192. The van der Waals surface area contributed by atoms with Gasteiger partial charge in [-0.1, -0.05) is 34.8 Å². The molecule has 0 saturated carbocycles. The predicted octanol–water partition coefficient (Wildman–Crippen LogP) is 1.30. The Kier molecular flexibility index (Phi) is 3.10. The first-order valence-electron chi connectivity index (χ1n) is 3.47. The van der Waals surface area contributed by atoms with E-state index in [0.29, 0.717) is 19.4 Å². The van der Waals surface area contributed by atoms with Crippen molar-refractivity contribution in [3.05, 3.63) is 0 Å². The number of aliphatic hydroxyl groups excluding tert-OH is 1. The first-order valence-corrected chi connectivity index (χ1v) is 4.60. The van der Waals surface area contributed by atoms with Crippen LogP contribution in [0.15, 0.2) is 0 Å². The van der Waals surface area contributed by atoms with Crippen molar-refractivity contribution in [3.63, 3.8) is 0 Å². The lowest BCUT2D eigenvalue weighted by Gasteiger charge is -2.27. The lowest BCUT2D eigenvalue weighted by Crippen LogP contribution is -2.44. The van der Waals surface area contributed by atoms with Gasteiger partial charge in [0.1, 0.15) is 0 Å². The van der Waals surface area contributed by atoms with E-state index in [0.717, 1.165) is 0 Å². The summed E-state index contributed by atoms with van der Waals surface area (Å²) in [7, 11) is 0. The van der Waals surface area contributed by atoms with Gasteiger partial charge in [0.2, 0.25) is 9.70 Å². The zero-order valence-electron chi connectivity index (χ0n) is 6.14. The van der Waals surface area contributed by atoms with Crippen LogP contribution < -0.4 is 0 Å². The molecule has 1 atom stereocenters. The summed E-state index contributed by atoms with van der Waals surface area (Å²) < 4.78 is -1.82. The molecule has 1 N–H and O–H groups in total. The van der Waals surface area contributed by atoms with Crippen LogP contribution in [0.4, 0.5) is 0 Å². The number of hydrogen-bond donors (Lipinski definition) is 1. The molecule has 0 aromatic rings. The molecule has 70 valence electrons. The Morgan fingerprint density at radius 2 is 2.08 bits per heavy atom. The van der Waals surface area contributed by atoms with Crippen molar-refractivity contribution in [2.45, 2.75) is 22.9 Å². The van der Waals surface area contributed by atoms with Gasteiger partial charge in [0.25, 0.3) is 0 Å². The number of carbonyl (C=O) groups excluding carboxylic acids is 1. The van der Waals surface area contributed by atoms with Gasteiger partial charge in [-0.25, -0.2) is 0 Å². The number of carbonyl (C=O) groups is 1. The van der Waals surface area contributed by atoms with Crippen LogP contribution in [0.3, 0.4) is 0 Å². The quantitative estimate of drug-likeness (QED) is 0.692. The van der Waals surface area contributed by atoms with Crippen LogP contribution in [0.5, 0.6) is 0 Å². The number of amides is 1. The van der Waals surface area contributed by atoms with Crippen LogP contribution in [0.1, 0.15) is 12.8 Å². The van der Waals surface area contributed by atoms with Crippen LogP contribution in [-0.2, 0) is 4.79 Å². The van der Waals surface area contributed by atoms with Crippen molar-refractivity contribution < 1.29 is 9.90 Å². The molecule has 1 fully saturated rings. The fourth-order valence-corrected chi connectivity index (χ4v) is 1.46. The molecule has 0 bridgehead atoms. The molecule has 3 nitrogen and oxygen atoms in total. The molecule has 12 heavy (non-hydrogen) atoms.